The van der Waals surface area contributed by atoms with Crippen LogP contribution in [0.5, 0.6) is 11.5 Å². The summed E-state index contributed by atoms with van der Waals surface area (Å²) in [6.07, 6.45) is 6.67. The minimum absolute atomic E-state index is 0.0112. The summed E-state index contributed by atoms with van der Waals surface area (Å²) in [7, 11) is 0. The number of aromatic nitrogens is 4. The number of carbonyl (C=O) groups excluding carboxylic acids is 1. The Kier molecular flexibility index (Phi) is 6.20. The van der Waals surface area contributed by atoms with Gasteiger partial charge < -0.3 is 19.7 Å². The second kappa shape index (κ2) is 10.1. The lowest BCUT2D eigenvalue weighted by Gasteiger charge is -2.32. The molecule has 2 aromatic heterocycles. The number of ether oxygens (including phenoxy) is 2. The molecule has 0 saturated carbocycles. The highest BCUT2D eigenvalue weighted by atomic mass is 16.5. The predicted octanol–water partition coefficient (Wildman–Crippen LogP) is 5.28. The monoisotopic (exact) mass is 522 g/mol. The zero-order chi connectivity index (χ0) is 26.2. The van der Waals surface area contributed by atoms with E-state index < -0.39 is 0 Å². The molecular weight excluding hydrogens is 492 g/mol. The van der Waals surface area contributed by atoms with Crippen molar-refractivity contribution in [3.63, 3.8) is 0 Å². The molecule has 0 aliphatic carbocycles. The molecule has 1 saturated heterocycles. The highest BCUT2D eigenvalue weighted by Gasteiger charge is 2.28. The predicted molar refractivity (Wildman–Crippen MR) is 147 cm³/mol. The lowest BCUT2D eigenvalue weighted by Crippen LogP contribution is -2.34. The smallest absolute Gasteiger partial charge is 0.227 e. The summed E-state index contributed by atoms with van der Waals surface area (Å²) in [6, 6.07) is 18.3. The summed E-state index contributed by atoms with van der Waals surface area (Å²) in [6.45, 7) is 2.30. The highest BCUT2D eigenvalue weighted by Crippen LogP contribution is 2.35. The third kappa shape index (κ3) is 4.74. The number of pyridine rings is 1. The third-order valence-corrected chi connectivity index (χ3v) is 7.65. The summed E-state index contributed by atoms with van der Waals surface area (Å²) >= 11 is 0. The van der Waals surface area contributed by atoms with Gasteiger partial charge in [-0.15, -0.1) is 5.10 Å². The molecule has 9 nitrogen and oxygen atoms in total. The third-order valence-electron chi connectivity index (χ3n) is 7.65. The maximum Gasteiger partial charge on any atom is 0.227 e. The van der Waals surface area contributed by atoms with E-state index >= 15 is 0 Å². The van der Waals surface area contributed by atoms with E-state index in [1.54, 1.807) is 6.20 Å². The minimum atomic E-state index is -0.104. The topological polar surface area (TPSA) is 94.4 Å². The molecule has 1 fully saturated rings. The molecule has 1 atom stereocenters. The number of hydrogen-bond donors (Lipinski definition) is 1. The molecule has 39 heavy (non-hydrogen) atoms. The molecule has 7 rings (SSSR count). The standard InChI is InChI=1S/C30H30N6O3/c37-26-12-11-24-25(13-15-31-29(24)32-26)39-23-10-9-20-14-16-35(19-22(20)18-23)30-33-28(21-6-2-1-3-7-21)34-36(30)27-8-4-5-17-38-27/h1-3,6-7,9-10,13,15,18,27H,4-5,8,11-12,14,16-17,19H2,(H,31,32,37). The molecule has 0 radical (unpaired) electrons. The average Bonchev–Trinajstić information content (AvgIpc) is 3.43. The number of amides is 1. The van der Waals surface area contributed by atoms with Crippen LogP contribution in [0.1, 0.15) is 48.6 Å². The molecule has 5 heterocycles. The van der Waals surface area contributed by atoms with Gasteiger partial charge in [0.05, 0.1) is 0 Å². The number of benzene rings is 2. The Balaban J connectivity index is 1.18. The van der Waals surface area contributed by atoms with E-state index in [1.807, 2.05) is 47.1 Å². The Labute approximate surface area is 226 Å². The number of nitrogens with zero attached hydrogens (tertiary/aromatic N) is 5. The van der Waals surface area contributed by atoms with E-state index in [-0.39, 0.29) is 12.1 Å². The van der Waals surface area contributed by atoms with Crippen molar-refractivity contribution in [2.45, 2.75) is 51.3 Å². The number of anilines is 2. The summed E-state index contributed by atoms with van der Waals surface area (Å²) in [4.78, 5) is 23.4. The Morgan fingerprint density at radius 1 is 1.00 bits per heavy atom. The Morgan fingerprint density at radius 3 is 2.79 bits per heavy atom. The zero-order valence-corrected chi connectivity index (χ0v) is 21.7. The summed E-state index contributed by atoms with van der Waals surface area (Å²) < 4.78 is 14.5. The first-order chi connectivity index (χ1) is 19.2. The van der Waals surface area contributed by atoms with Crippen LogP contribution in [-0.4, -0.2) is 38.8 Å². The van der Waals surface area contributed by atoms with Crippen LogP contribution in [-0.2, 0) is 28.9 Å². The molecule has 3 aliphatic heterocycles. The van der Waals surface area contributed by atoms with Gasteiger partial charge in [0, 0.05) is 43.4 Å². The van der Waals surface area contributed by atoms with Gasteiger partial charge in [0.2, 0.25) is 11.9 Å². The number of carbonyl (C=O) groups is 1. The lowest BCUT2D eigenvalue weighted by molar-refractivity contribution is -0.116. The molecule has 3 aliphatic rings. The normalized spacial score (nSPS) is 18.7. The second-order valence-corrected chi connectivity index (χ2v) is 10.3. The molecule has 9 heteroatoms. The maximum atomic E-state index is 11.8. The molecule has 1 unspecified atom stereocenters. The number of nitrogens with one attached hydrogen (secondary N) is 1. The van der Waals surface area contributed by atoms with E-state index in [0.717, 1.165) is 73.2 Å². The lowest BCUT2D eigenvalue weighted by atomic mass is 9.99. The van der Waals surface area contributed by atoms with Crippen molar-refractivity contribution in [1.82, 2.24) is 19.7 Å². The Morgan fingerprint density at radius 2 is 1.92 bits per heavy atom. The van der Waals surface area contributed by atoms with Gasteiger partial charge in [-0.3, -0.25) is 4.79 Å². The van der Waals surface area contributed by atoms with E-state index in [4.69, 9.17) is 19.6 Å². The largest absolute Gasteiger partial charge is 0.457 e. The van der Waals surface area contributed by atoms with Crippen LogP contribution < -0.4 is 15.0 Å². The van der Waals surface area contributed by atoms with Crippen molar-refractivity contribution >= 4 is 17.7 Å². The fourth-order valence-electron chi connectivity index (χ4n) is 5.60. The molecule has 2 aromatic carbocycles. The molecule has 4 aromatic rings. The number of hydrogen-bond acceptors (Lipinski definition) is 7. The van der Waals surface area contributed by atoms with Gasteiger partial charge in [-0.2, -0.15) is 4.98 Å². The second-order valence-electron chi connectivity index (χ2n) is 10.3. The van der Waals surface area contributed by atoms with Crippen LogP contribution in [0, 0.1) is 0 Å². The van der Waals surface area contributed by atoms with Crippen molar-refractivity contribution in [2.24, 2.45) is 0 Å². The van der Waals surface area contributed by atoms with Gasteiger partial charge in [-0.05, 0) is 61.4 Å². The first-order valence-corrected chi connectivity index (χ1v) is 13.7. The first-order valence-electron chi connectivity index (χ1n) is 13.7. The molecule has 1 N–H and O–H groups in total. The summed E-state index contributed by atoms with van der Waals surface area (Å²) in [5.41, 5.74) is 4.45. The van der Waals surface area contributed by atoms with Crippen LogP contribution in [0.3, 0.4) is 0 Å². The number of fused-ring (bicyclic) bond motifs is 2. The molecule has 1 amide bonds. The van der Waals surface area contributed by atoms with Crippen LogP contribution in [0.4, 0.5) is 11.8 Å². The van der Waals surface area contributed by atoms with Crippen LogP contribution in [0.15, 0.2) is 60.8 Å². The quantitative estimate of drug-likeness (QED) is 0.381. The van der Waals surface area contributed by atoms with E-state index in [1.165, 1.54) is 11.1 Å². The van der Waals surface area contributed by atoms with Gasteiger partial charge >= 0.3 is 0 Å². The van der Waals surface area contributed by atoms with Crippen molar-refractivity contribution in [1.29, 1.82) is 0 Å². The van der Waals surface area contributed by atoms with E-state index in [9.17, 15) is 4.79 Å². The molecule has 0 spiro atoms. The van der Waals surface area contributed by atoms with E-state index in [2.05, 4.69) is 27.3 Å². The van der Waals surface area contributed by atoms with Gasteiger partial charge in [0.25, 0.3) is 0 Å². The van der Waals surface area contributed by atoms with Gasteiger partial charge in [0.1, 0.15) is 17.3 Å². The zero-order valence-electron chi connectivity index (χ0n) is 21.7. The summed E-state index contributed by atoms with van der Waals surface area (Å²) in [5.74, 6) is 3.64. The molecule has 198 valence electrons. The number of rotatable bonds is 5. The van der Waals surface area contributed by atoms with Gasteiger partial charge in [-0.25, -0.2) is 9.67 Å². The fraction of sp³-hybridized carbons (Fsp3) is 0.333. The van der Waals surface area contributed by atoms with Crippen molar-refractivity contribution < 1.29 is 14.3 Å². The maximum absolute atomic E-state index is 11.8. The molecular formula is C30H30N6O3. The Hall–Kier alpha value is -4.24. The van der Waals surface area contributed by atoms with Crippen molar-refractivity contribution in [3.8, 4) is 22.9 Å². The molecule has 0 bridgehead atoms. The minimum Gasteiger partial charge on any atom is -0.457 e. The van der Waals surface area contributed by atoms with Crippen LogP contribution in [0.25, 0.3) is 11.4 Å². The Bertz CT molecular complexity index is 1510. The van der Waals surface area contributed by atoms with Crippen molar-refractivity contribution in [3.05, 3.63) is 77.5 Å². The van der Waals surface area contributed by atoms with Gasteiger partial charge in [0.15, 0.2) is 12.1 Å². The highest BCUT2D eigenvalue weighted by molar-refractivity contribution is 5.93. The van der Waals surface area contributed by atoms with Crippen LogP contribution in [0.2, 0.25) is 0 Å². The summed E-state index contributed by atoms with van der Waals surface area (Å²) in [5, 5.41) is 7.78. The first kappa shape index (κ1) is 23.8. The SMILES string of the molecule is O=C1CCc2c(Oc3ccc4c(c3)CN(c3nc(-c5ccccc5)nn3C3CCCCO3)CC4)ccnc2N1. The fourth-order valence-corrected chi connectivity index (χ4v) is 5.60. The average molecular weight is 523 g/mol. The van der Waals surface area contributed by atoms with Crippen LogP contribution >= 0.6 is 0 Å². The van der Waals surface area contributed by atoms with Crippen molar-refractivity contribution in [2.75, 3.05) is 23.4 Å². The van der Waals surface area contributed by atoms with E-state index in [0.29, 0.717) is 25.2 Å². The van der Waals surface area contributed by atoms with Gasteiger partial charge in [-0.1, -0.05) is 36.4 Å².